The molecule has 0 saturated heterocycles. The van der Waals surface area contributed by atoms with Gasteiger partial charge in [0.2, 0.25) is 0 Å². The summed E-state index contributed by atoms with van der Waals surface area (Å²) in [6.45, 7) is 36.9. The normalized spacial score (nSPS) is 23.9. The number of allylic oxidation sites excluding steroid dienone is 8. The summed E-state index contributed by atoms with van der Waals surface area (Å²) in [5.74, 6) is 0. The van der Waals surface area contributed by atoms with Gasteiger partial charge in [-0.2, -0.15) is 0 Å². The van der Waals surface area contributed by atoms with E-state index < -0.39 is 35.2 Å². The smallest absolute Gasteiger partial charge is 0.647 e. The topological polar surface area (TPSA) is 56.4 Å². The van der Waals surface area contributed by atoms with Gasteiger partial charge in [0.15, 0.2) is 0 Å². The van der Waals surface area contributed by atoms with Gasteiger partial charge in [0.05, 0.1) is 35.2 Å². The van der Waals surface area contributed by atoms with E-state index in [4.69, 9.17) is 21.3 Å². The van der Waals surface area contributed by atoms with Crippen molar-refractivity contribution < 1.29 is 21.7 Å². The van der Waals surface area contributed by atoms with Gasteiger partial charge in [0.1, 0.15) is 0 Å². The number of nitrogens with zero attached hydrogens (tertiary/aromatic N) is 4. The molecule has 4 unspecified atom stereocenters. The Labute approximate surface area is 806 Å². The average Bonchev–Trinajstić information content (AvgIpc) is 1.40. The summed E-state index contributed by atoms with van der Waals surface area (Å²) in [6, 6.07) is 91.2. The van der Waals surface area contributed by atoms with Gasteiger partial charge < -0.3 is 21.3 Å². The molecule has 4 atom stereocenters. The van der Waals surface area contributed by atoms with E-state index in [2.05, 4.69) is 378 Å². The fraction of sp³-hybridized carbons (Fsp3) is 0.467. The SMILES string of the molecule is CC1=CC(C)([N-]C2([SiH](c3ccccc3)c3ccccc3)CCCCCCCC2)C(C)=C1C.CC1=CC(C)([N-]C2([SiH](c3ccccc3)c3ccccc3)CCCCCCCC2)C(C)=C1C.CC1=CC(C)([N-]C2([SiH](c3ccccc3)c3ccccc3)CCCCCCCC2)C(C)=C1C.CC1=CC(C)([N-]C2([SiH](c3ccccc3)c3ccccc3)CCCCCCCC2)C(C)=C1C.[Ti+4]. The van der Waals surface area contributed by atoms with Crippen LogP contribution >= 0.6 is 0 Å². The first-order chi connectivity index (χ1) is 61.8. The molecule has 129 heavy (non-hydrogen) atoms. The fourth-order valence-corrected chi connectivity index (χ4v) is 41.5. The summed E-state index contributed by atoms with van der Waals surface area (Å²) in [5, 5.41) is 36.5. The van der Waals surface area contributed by atoms with Crippen molar-refractivity contribution in [1.82, 2.24) is 0 Å². The van der Waals surface area contributed by atoms with Crippen LogP contribution in [0.5, 0.6) is 0 Å². The van der Waals surface area contributed by atoms with Crippen molar-refractivity contribution in [3.63, 3.8) is 0 Å². The molecule has 8 aliphatic carbocycles. The van der Waals surface area contributed by atoms with Crippen molar-refractivity contribution in [2.45, 2.75) is 359 Å². The van der Waals surface area contributed by atoms with Crippen LogP contribution in [0, 0.1) is 0 Å². The summed E-state index contributed by atoms with van der Waals surface area (Å²) in [5.41, 5.74) is 16.4. The third-order valence-corrected chi connectivity index (χ3v) is 48.1. The maximum atomic E-state index is 6.00. The Balaban J connectivity index is 0.000000155. The van der Waals surface area contributed by atoms with E-state index in [1.54, 1.807) is 41.5 Å². The standard InChI is InChI=1S/4C30H40NSi.Ti/c4*1-24-23-29(4,26(3)25(24)2)31-30(21-15-7-5-6-8-16-22-30)32(27-17-11-9-12-18-27)28-19-13-10-14-20-28;/h4*9-14,17-20,23,32H,5-8,15-16,21-22H2,1-4H3;/q4*-1;+4. The zero-order valence-corrected chi connectivity index (χ0v) is 88.8. The number of hydrogen-bond acceptors (Lipinski definition) is 0. The zero-order chi connectivity index (χ0) is 90.4. The minimum absolute atomic E-state index is 0. The van der Waals surface area contributed by atoms with Crippen LogP contribution in [-0.2, 0) is 21.7 Å². The van der Waals surface area contributed by atoms with Crippen molar-refractivity contribution >= 4 is 76.7 Å². The molecule has 0 aliphatic heterocycles. The quantitative estimate of drug-likeness (QED) is 0.0683. The van der Waals surface area contributed by atoms with E-state index >= 15 is 0 Å². The predicted octanol–water partition coefficient (Wildman–Crippen LogP) is 27.5. The molecule has 4 nitrogen and oxygen atoms in total. The second-order valence-electron chi connectivity index (χ2n) is 41.3. The van der Waals surface area contributed by atoms with Crippen LogP contribution in [0.25, 0.3) is 21.3 Å². The minimum atomic E-state index is -1.62. The Morgan fingerprint density at radius 2 is 0.295 bits per heavy atom. The van der Waals surface area contributed by atoms with Gasteiger partial charge in [0.25, 0.3) is 0 Å². The Bertz CT molecular complexity index is 4290. The van der Waals surface area contributed by atoms with Crippen LogP contribution in [0.2, 0.25) is 0 Å². The first kappa shape index (κ1) is 101. The molecule has 16 rings (SSSR count). The van der Waals surface area contributed by atoms with Crippen molar-refractivity contribution in [2.24, 2.45) is 0 Å². The molecule has 8 aromatic carbocycles. The van der Waals surface area contributed by atoms with Gasteiger partial charge in [0, 0.05) is 0 Å². The van der Waals surface area contributed by atoms with Crippen molar-refractivity contribution in [2.75, 3.05) is 0 Å². The second kappa shape index (κ2) is 46.8. The Hall–Kier alpha value is -6.90. The fourth-order valence-electron chi connectivity index (χ4n) is 24.6. The Kier molecular flexibility index (Phi) is 36.7. The molecule has 0 aromatic heterocycles. The first-order valence-electron chi connectivity index (χ1n) is 50.7. The summed E-state index contributed by atoms with van der Waals surface area (Å²) in [7, 11) is -6.49. The van der Waals surface area contributed by atoms with E-state index in [0.29, 0.717) is 0 Å². The van der Waals surface area contributed by atoms with Gasteiger partial charge in [-0.3, -0.25) is 0 Å². The predicted molar refractivity (Wildman–Crippen MR) is 571 cm³/mol. The molecule has 0 N–H and O–H groups in total. The van der Waals surface area contributed by atoms with E-state index in [-0.39, 0.29) is 64.5 Å². The molecule has 4 fully saturated rings. The monoisotopic (exact) mass is 1820 g/mol. The molecule has 0 radical (unpaired) electrons. The van der Waals surface area contributed by atoms with Crippen molar-refractivity contribution in [3.8, 4) is 0 Å². The van der Waals surface area contributed by atoms with Crippen LogP contribution < -0.4 is 41.5 Å². The molecule has 9 heteroatoms. The zero-order valence-electron chi connectivity index (χ0n) is 82.6. The van der Waals surface area contributed by atoms with Gasteiger partial charge in [-0.15, -0.1) is 20.6 Å². The first-order valence-corrected chi connectivity index (χ1v) is 57.6. The molecule has 0 amide bonds. The molecule has 680 valence electrons. The van der Waals surface area contributed by atoms with Crippen LogP contribution in [0.3, 0.4) is 0 Å². The summed E-state index contributed by atoms with van der Waals surface area (Å²) in [4.78, 5) is 0. The number of rotatable bonds is 20. The summed E-state index contributed by atoms with van der Waals surface area (Å²) >= 11 is 0. The Morgan fingerprint density at radius 1 is 0.178 bits per heavy atom. The molecular weight excluding hydrogens is 1660 g/mol. The van der Waals surface area contributed by atoms with Gasteiger partial charge >= 0.3 is 21.7 Å². The van der Waals surface area contributed by atoms with E-state index in [9.17, 15) is 0 Å². The number of hydrogen-bond donors (Lipinski definition) is 0. The van der Waals surface area contributed by atoms with Gasteiger partial charge in [-0.25, -0.2) is 0 Å². The third-order valence-electron chi connectivity index (χ3n) is 32.6. The van der Waals surface area contributed by atoms with Crippen LogP contribution in [0.1, 0.15) is 316 Å². The molecular formula is C120H160N4Si4Ti. The largest absolute Gasteiger partial charge is 4.00 e. The molecule has 8 aromatic rings. The van der Waals surface area contributed by atoms with E-state index in [1.165, 1.54) is 272 Å². The van der Waals surface area contributed by atoms with Crippen molar-refractivity contribution in [1.29, 1.82) is 0 Å². The molecule has 0 spiro atoms. The van der Waals surface area contributed by atoms with Gasteiger partial charge in [-0.1, -0.05) is 631 Å². The molecule has 0 heterocycles. The molecule has 8 aliphatic rings. The molecule has 0 bridgehead atoms. The summed E-state index contributed by atoms with van der Waals surface area (Å²) < 4.78 is 0. The Morgan fingerprint density at radius 3 is 0.403 bits per heavy atom. The van der Waals surface area contributed by atoms with E-state index in [0.717, 1.165) is 0 Å². The van der Waals surface area contributed by atoms with Crippen LogP contribution in [0.15, 0.2) is 334 Å². The minimum Gasteiger partial charge on any atom is -0.647 e. The van der Waals surface area contributed by atoms with Gasteiger partial charge in [-0.05, 0) is 83.1 Å². The molecule has 4 saturated carbocycles. The maximum absolute atomic E-state index is 6.00. The van der Waals surface area contributed by atoms with E-state index in [1.807, 2.05) is 0 Å². The summed E-state index contributed by atoms with van der Waals surface area (Å²) in [6.07, 6.45) is 51.8. The van der Waals surface area contributed by atoms with Crippen LogP contribution in [-0.4, -0.2) is 78.0 Å². The third kappa shape index (κ3) is 24.4. The average molecular weight is 1820 g/mol. The number of benzene rings is 8. The second-order valence-corrected chi connectivity index (χ2v) is 54.4. The maximum Gasteiger partial charge on any atom is 4.00 e. The van der Waals surface area contributed by atoms with Crippen LogP contribution in [0.4, 0.5) is 0 Å². The van der Waals surface area contributed by atoms with Crippen molar-refractivity contribution in [3.05, 3.63) is 355 Å².